The first-order valence-corrected chi connectivity index (χ1v) is 10.8. The summed E-state index contributed by atoms with van der Waals surface area (Å²) >= 11 is 0. The largest absolute Gasteiger partial charge is 0.488 e. The van der Waals surface area contributed by atoms with Crippen LogP contribution >= 0.6 is 0 Å². The minimum absolute atomic E-state index is 0.199. The van der Waals surface area contributed by atoms with Crippen LogP contribution in [0.3, 0.4) is 0 Å². The summed E-state index contributed by atoms with van der Waals surface area (Å²) in [6, 6.07) is 13.9. The number of anilines is 1. The molecule has 0 saturated carbocycles. The van der Waals surface area contributed by atoms with Crippen LogP contribution in [-0.2, 0) is 14.8 Å². The molecule has 2 aromatic rings. The second-order valence-corrected chi connectivity index (χ2v) is 8.88. The molecular formula is C21H22N2O4S. The number of hydrogen-bond acceptors (Lipinski definition) is 4. The number of carbonyl (C=O) groups is 1. The number of sulfonamides is 1. The summed E-state index contributed by atoms with van der Waals surface area (Å²) < 4.78 is 32.5. The van der Waals surface area contributed by atoms with Crippen molar-refractivity contribution in [2.75, 3.05) is 25.0 Å². The highest BCUT2D eigenvalue weighted by Gasteiger charge is 2.26. The van der Waals surface area contributed by atoms with Crippen molar-refractivity contribution in [1.29, 1.82) is 0 Å². The van der Waals surface area contributed by atoms with Crippen molar-refractivity contribution in [1.82, 2.24) is 4.31 Å². The minimum atomic E-state index is -3.47. The molecule has 1 N–H and O–H groups in total. The maximum atomic E-state index is 12.7. The lowest BCUT2D eigenvalue weighted by Crippen LogP contribution is -2.35. The van der Waals surface area contributed by atoms with Crippen LogP contribution < -0.4 is 10.1 Å². The van der Waals surface area contributed by atoms with Crippen molar-refractivity contribution in [3.8, 4) is 5.75 Å². The van der Waals surface area contributed by atoms with Crippen molar-refractivity contribution < 1.29 is 17.9 Å². The second-order valence-electron chi connectivity index (χ2n) is 6.94. The molecule has 1 fully saturated rings. The molecule has 0 unspecified atom stereocenters. The van der Waals surface area contributed by atoms with Crippen LogP contribution in [0.1, 0.15) is 24.8 Å². The lowest BCUT2D eigenvalue weighted by atomic mass is 10.1. The summed E-state index contributed by atoms with van der Waals surface area (Å²) in [4.78, 5) is 12.8. The Balaban J connectivity index is 1.46. The Bertz CT molecular complexity index is 1010. The predicted octanol–water partition coefficient (Wildman–Crippen LogP) is 3.28. The van der Waals surface area contributed by atoms with Crippen LogP contribution in [0.4, 0.5) is 5.69 Å². The SMILES string of the molecule is O=C(Nc1ccc(S(=O)(=O)N2CCCCC2)cc1)C1=Cc2ccccc2OC1. The number of amides is 1. The van der Waals surface area contributed by atoms with Gasteiger partial charge in [0.05, 0.1) is 10.5 Å². The Hall–Kier alpha value is -2.64. The first-order valence-electron chi connectivity index (χ1n) is 9.38. The molecule has 0 radical (unpaired) electrons. The Kier molecular flexibility index (Phi) is 5.19. The second kappa shape index (κ2) is 7.77. The third-order valence-electron chi connectivity index (χ3n) is 4.99. The van der Waals surface area contributed by atoms with Gasteiger partial charge in [-0.05, 0) is 49.2 Å². The summed E-state index contributed by atoms with van der Waals surface area (Å²) in [6.45, 7) is 1.33. The van der Waals surface area contributed by atoms with Crippen molar-refractivity contribution >= 4 is 27.7 Å². The highest BCUT2D eigenvalue weighted by atomic mass is 32.2. The van der Waals surface area contributed by atoms with Gasteiger partial charge in [-0.15, -0.1) is 0 Å². The van der Waals surface area contributed by atoms with Crippen molar-refractivity contribution in [3.05, 3.63) is 59.7 Å². The Labute approximate surface area is 164 Å². The standard InChI is InChI=1S/C21H22N2O4S/c24-21(17-14-16-6-2-3-7-20(16)27-15-17)22-18-8-10-19(11-9-18)28(25,26)23-12-4-1-5-13-23/h2-3,6-11,14H,1,4-5,12-13,15H2,(H,22,24). The molecule has 7 heteroatoms. The Morgan fingerprint density at radius 1 is 0.964 bits per heavy atom. The summed E-state index contributed by atoms with van der Waals surface area (Å²) in [5.74, 6) is 0.493. The fraction of sp³-hybridized carbons (Fsp3) is 0.286. The van der Waals surface area contributed by atoms with Gasteiger partial charge in [0.25, 0.3) is 5.91 Å². The van der Waals surface area contributed by atoms with E-state index in [1.807, 2.05) is 30.3 Å². The molecule has 0 bridgehead atoms. The van der Waals surface area contributed by atoms with Gasteiger partial charge < -0.3 is 10.1 Å². The predicted molar refractivity (Wildman–Crippen MR) is 108 cm³/mol. The maximum Gasteiger partial charge on any atom is 0.255 e. The van der Waals surface area contributed by atoms with Crippen LogP contribution in [0.25, 0.3) is 6.08 Å². The van der Waals surface area contributed by atoms with E-state index in [0.29, 0.717) is 24.4 Å². The van der Waals surface area contributed by atoms with Crippen LogP contribution in [0, 0.1) is 0 Å². The zero-order chi connectivity index (χ0) is 19.6. The summed E-state index contributed by atoms with van der Waals surface area (Å²) in [6.07, 6.45) is 4.67. The molecule has 1 amide bonds. The third-order valence-corrected chi connectivity index (χ3v) is 6.90. The maximum absolute atomic E-state index is 12.7. The Morgan fingerprint density at radius 3 is 2.43 bits per heavy atom. The summed E-state index contributed by atoms with van der Waals surface area (Å²) in [7, 11) is -3.47. The molecule has 1 saturated heterocycles. The van der Waals surface area contributed by atoms with Crippen LogP contribution in [0.15, 0.2) is 59.0 Å². The van der Waals surface area contributed by atoms with E-state index in [1.54, 1.807) is 24.3 Å². The quantitative estimate of drug-likeness (QED) is 0.858. The molecule has 2 aliphatic heterocycles. The van der Waals surface area contributed by atoms with E-state index in [4.69, 9.17) is 4.74 Å². The number of ether oxygens (including phenoxy) is 1. The summed E-state index contributed by atoms with van der Waals surface area (Å²) in [5, 5.41) is 2.80. The molecule has 0 atom stereocenters. The van der Waals surface area contributed by atoms with E-state index in [1.165, 1.54) is 4.31 Å². The van der Waals surface area contributed by atoms with E-state index < -0.39 is 10.0 Å². The number of rotatable bonds is 4. The lowest BCUT2D eigenvalue weighted by Gasteiger charge is -2.25. The number of hydrogen-bond donors (Lipinski definition) is 1. The van der Waals surface area contributed by atoms with Crippen molar-refractivity contribution in [3.63, 3.8) is 0 Å². The monoisotopic (exact) mass is 398 g/mol. The highest BCUT2D eigenvalue weighted by Crippen LogP contribution is 2.27. The zero-order valence-corrected chi connectivity index (χ0v) is 16.2. The van der Waals surface area contributed by atoms with Gasteiger partial charge in [0.2, 0.25) is 10.0 Å². The molecule has 2 aliphatic rings. The van der Waals surface area contributed by atoms with Gasteiger partial charge in [-0.1, -0.05) is 24.6 Å². The first kappa shape index (κ1) is 18.7. The van der Waals surface area contributed by atoms with E-state index in [9.17, 15) is 13.2 Å². The number of benzene rings is 2. The number of nitrogens with one attached hydrogen (secondary N) is 1. The number of nitrogens with zero attached hydrogens (tertiary/aromatic N) is 1. The minimum Gasteiger partial charge on any atom is -0.488 e. The van der Waals surface area contributed by atoms with Gasteiger partial charge in [0.1, 0.15) is 12.4 Å². The molecule has 6 nitrogen and oxygen atoms in total. The van der Waals surface area contributed by atoms with Gasteiger partial charge >= 0.3 is 0 Å². The molecule has 4 rings (SSSR count). The Morgan fingerprint density at radius 2 is 1.68 bits per heavy atom. The lowest BCUT2D eigenvalue weighted by molar-refractivity contribution is -0.113. The normalized spacial score (nSPS) is 17.2. The number of para-hydroxylation sites is 1. The van der Waals surface area contributed by atoms with Gasteiger partial charge in [-0.2, -0.15) is 4.31 Å². The first-order chi connectivity index (χ1) is 13.5. The molecule has 0 spiro atoms. The average molecular weight is 398 g/mol. The fourth-order valence-corrected chi connectivity index (χ4v) is 4.94. The van der Waals surface area contributed by atoms with Gasteiger partial charge in [0, 0.05) is 24.3 Å². The third kappa shape index (κ3) is 3.81. The number of piperidine rings is 1. The molecule has 2 heterocycles. The number of fused-ring (bicyclic) bond motifs is 1. The smallest absolute Gasteiger partial charge is 0.255 e. The topological polar surface area (TPSA) is 75.7 Å². The van der Waals surface area contributed by atoms with E-state index in [-0.39, 0.29) is 17.4 Å². The average Bonchev–Trinajstić information content (AvgIpc) is 2.74. The molecule has 146 valence electrons. The molecule has 0 aliphatic carbocycles. The van der Waals surface area contributed by atoms with Crippen LogP contribution in [0.5, 0.6) is 5.75 Å². The van der Waals surface area contributed by atoms with Crippen LogP contribution in [0.2, 0.25) is 0 Å². The molecular weight excluding hydrogens is 376 g/mol. The molecule has 0 aromatic heterocycles. The van der Waals surface area contributed by atoms with Gasteiger partial charge in [-0.25, -0.2) is 8.42 Å². The van der Waals surface area contributed by atoms with E-state index in [2.05, 4.69) is 5.32 Å². The van der Waals surface area contributed by atoms with E-state index in [0.717, 1.165) is 30.6 Å². The molecule has 2 aromatic carbocycles. The fourth-order valence-electron chi connectivity index (χ4n) is 3.42. The van der Waals surface area contributed by atoms with E-state index >= 15 is 0 Å². The summed E-state index contributed by atoms with van der Waals surface area (Å²) in [5.41, 5.74) is 1.92. The van der Waals surface area contributed by atoms with Crippen LogP contribution in [-0.4, -0.2) is 38.3 Å². The van der Waals surface area contributed by atoms with Gasteiger partial charge in [-0.3, -0.25) is 4.79 Å². The highest BCUT2D eigenvalue weighted by molar-refractivity contribution is 7.89. The zero-order valence-electron chi connectivity index (χ0n) is 15.4. The van der Waals surface area contributed by atoms with Gasteiger partial charge in [0.15, 0.2) is 0 Å². The van der Waals surface area contributed by atoms with Crippen molar-refractivity contribution in [2.24, 2.45) is 0 Å². The van der Waals surface area contributed by atoms with Crippen molar-refractivity contribution in [2.45, 2.75) is 24.2 Å². The molecule has 28 heavy (non-hydrogen) atoms. The number of carbonyl (C=O) groups excluding carboxylic acids is 1.